The zero-order valence-electron chi connectivity index (χ0n) is 16.6. The Bertz CT molecular complexity index is 844. The van der Waals surface area contributed by atoms with E-state index in [2.05, 4.69) is 10.6 Å². The van der Waals surface area contributed by atoms with Crippen molar-refractivity contribution in [1.29, 1.82) is 0 Å². The summed E-state index contributed by atoms with van der Waals surface area (Å²) in [5.74, 6) is -0.472. The minimum absolute atomic E-state index is 0.180. The van der Waals surface area contributed by atoms with Crippen LogP contribution in [-0.4, -0.2) is 23.8 Å². The fourth-order valence-corrected chi connectivity index (χ4v) is 2.75. The lowest BCUT2D eigenvalue weighted by atomic mass is 10.0. The first-order valence-corrected chi connectivity index (χ1v) is 9.22. The second-order valence-electron chi connectivity index (χ2n) is 7.10. The van der Waals surface area contributed by atoms with Gasteiger partial charge in [0.2, 0.25) is 5.91 Å². The number of ether oxygens (including phenoxy) is 1. The van der Waals surface area contributed by atoms with Crippen molar-refractivity contribution >= 4 is 23.5 Å². The number of aryl methyl sites for hydroxylation is 1. The molecule has 0 aromatic heterocycles. The Morgan fingerprint density at radius 3 is 2.21 bits per heavy atom. The Hall–Kier alpha value is -3.15. The Labute approximate surface area is 165 Å². The van der Waals surface area contributed by atoms with E-state index in [9.17, 15) is 14.4 Å². The molecule has 2 N–H and O–H groups in total. The molecule has 0 saturated heterocycles. The fraction of sp³-hybridized carbons (Fsp3) is 0.318. The maximum absolute atomic E-state index is 12.7. The van der Waals surface area contributed by atoms with Gasteiger partial charge in [-0.05, 0) is 55.2 Å². The Balaban J connectivity index is 2.09. The van der Waals surface area contributed by atoms with E-state index in [-0.39, 0.29) is 17.7 Å². The number of nitrogens with one attached hydrogen (secondary N) is 2. The highest BCUT2D eigenvalue weighted by atomic mass is 16.5. The van der Waals surface area contributed by atoms with Gasteiger partial charge in [0.05, 0.1) is 0 Å². The fourth-order valence-electron chi connectivity index (χ4n) is 2.75. The Kier molecular flexibility index (Phi) is 7.32. The summed E-state index contributed by atoms with van der Waals surface area (Å²) >= 11 is 0. The van der Waals surface area contributed by atoms with Gasteiger partial charge in [-0.15, -0.1) is 0 Å². The molecule has 0 aliphatic rings. The molecule has 2 rings (SSSR count). The van der Waals surface area contributed by atoms with Crippen LogP contribution in [0.25, 0.3) is 0 Å². The van der Waals surface area contributed by atoms with Crippen LogP contribution in [0.5, 0.6) is 5.75 Å². The smallest absolute Gasteiger partial charge is 0.334 e. The number of carbonyl (C=O) groups is 3. The quantitative estimate of drug-likeness (QED) is 0.565. The van der Waals surface area contributed by atoms with Gasteiger partial charge in [-0.3, -0.25) is 9.59 Å². The van der Waals surface area contributed by atoms with Crippen molar-refractivity contribution in [2.75, 3.05) is 5.32 Å². The summed E-state index contributed by atoms with van der Waals surface area (Å²) in [6, 6.07) is 12.9. The first-order valence-electron chi connectivity index (χ1n) is 9.22. The van der Waals surface area contributed by atoms with Crippen LogP contribution in [0.15, 0.2) is 48.5 Å². The van der Waals surface area contributed by atoms with Crippen molar-refractivity contribution < 1.29 is 19.1 Å². The molecule has 148 valence electrons. The van der Waals surface area contributed by atoms with Gasteiger partial charge < -0.3 is 15.4 Å². The highest BCUT2D eigenvalue weighted by Crippen LogP contribution is 2.18. The molecule has 0 spiro atoms. The SMILES string of the molecule is CC(=O)Nc1ccc(OC(=O)C(CC(C)C)NC(=O)c2ccccc2C)cc1. The number of hydrogen-bond acceptors (Lipinski definition) is 4. The summed E-state index contributed by atoms with van der Waals surface area (Å²) in [5.41, 5.74) is 1.98. The van der Waals surface area contributed by atoms with E-state index in [1.165, 1.54) is 6.92 Å². The van der Waals surface area contributed by atoms with Gasteiger partial charge in [0.25, 0.3) is 5.91 Å². The van der Waals surface area contributed by atoms with Crippen LogP contribution in [0.4, 0.5) is 5.69 Å². The van der Waals surface area contributed by atoms with Crippen molar-refractivity contribution in [2.24, 2.45) is 5.92 Å². The number of esters is 1. The maximum atomic E-state index is 12.7. The predicted octanol–water partition coefficient (Wildman–Crippen LogP) is 3.70. The number of carbonyl (C=O) groups excluding carboxylic acids is 3. The third-order valence-corrected chi connectivity index (χ3v) is 4.08. The Morgan fingerprint density at radius 2 is 1.64 bits per heavy atom. The van der Waals surface area contributed by atoms with Crippen LogP contribution in [0.2, 0.25) is 0 Å². The largest absolute Gasteiger partial charge is 0.425 e. The minimum atomic E-state index is -0.762. The van der Waals surface area contributed by atoms with Crippen LogP contribution < -0.4 is 15.4 Å². The molecule has 0 aliphatic carbocycles. The first kappa shape index (κ1) is 21.2. The van der Waals surface area contributed by atoms with Crippen LogP contribution in [0.1, 0.15) is 43.1 Å². The number of anilines is 1. The highest BCUT2D eigenvalue weighted by Gasteiger charge is 2.25. The van der Waals surface area contributed by atoms with E-state index < -0.39 is 12.0 Å². The number of hydrogen-bond donors (Lipinski definition) is 2. The molecule has 2 amide bonds. The van der Waals surface area contributed by atoms with Gasteiger partial charge >= 0.3 is 5.97 Å². The molecule has 6 nitrogen and oxygen atoms in total. The van der Waals surface area contributed by atoms with E-state index in [0.717, 1.165) is 5.56 Å². The van der Waals surface area contributed by atoms with Crippen LogP contribution in [0.3, 0.4) is 0 Å². The monoisotopic (exact) mass is 382 g/mol. The molecule has 6 heteroatoms. The molecule has 0 aliphatic heterocycles. The van der Waals surface area contributed by atoms with Gasteiger partial charge in [-0.2, -0.15) is 0 Å². The van der Waals surface area contributed by atoms with Gasteiger partial charge in [0.1, 0.15) is 11.8 Å². The molecule has 2 aromatic carbocycles. The van der Waals surface area contributed by atoms with E-state index in [4.69, 9.17) is 4.74 Å². The normalized spacial score (nSPS) is 11.6. The number of rotatable bonds is 7. The van der Waals surface area contributed by atoms with Crippen molar-refractivity contribution in [3.05, 3.63) is 59.7 Å². The van der Waals surface area contributed by atoms with Crippen LogP contribution >= 0.6 is 0 Å². The lowest BCUT2D eigenvalue weighted by molar-refractivity contribution is -0.137. The van der Waals surface area contributed by atoms with Gasteiger partial charge in [-0.1, -0.05) is 32.0 Å². The van der Waals surface area contributed by atoms with Crippen LogP contribution in [0, 0.1) is 12.8 Å². The van der Waals surface area contributed by atoms with Crippen LogP contribution in [-0.2, 0) is 9.59 Å². The molecule has 28 heavy (non-hydrogen) atoms. The van der Waals surface area contributed by atoms with E-state index in [0.29, 0.717) is 23.4 Å². The first-order chi connectivity index (χ1) is 13.3. The van der Waals surface area contributed by atoms with Crippen molar-refractivity contribution in [3.63, 3.8) is 0 Å². The second-order valence-corrected chi connectivity index (χ2v) is 7.10. The van der Waals surface area contributed by atoms with Crippen molar-refractivity contribution in [1.82, 2.24) is 5.32 Å². The van der Waals surface area contributed by atoms with Gasteiger partial charge in [-0.25, -0.2) is 4.79 Å². The predicted molar refractivity (Wildman–Crippen MR) is 108 cm³/mol. The molecule has 0 bridgehead atoms. The van der Waals surface area contributed by atoms with E-state index >= 15 is 0 Å². The summed E-state index contributed by atoms with van der Waals surface area (Å²) in [6.07, 6.45) is 0.459. The molecule has 2 aromatic rings. The average Bonchev–Trinajstić information content (AvgIpc) is 2.62. The summed E-state index contributed by atoms with van der Waals surface area (Å²) in [7, 11) is 0. The molecule has 1 atom stereocenters. The van der Waals surface area contributed by atoms with Gasteiger partial charge in [0.15, 0.2) is 0 Å². The molecule has 1 unspecified atom stereocenters. The molecule has 0 radical (unpaired) electrons. The molecular formula is C22H26N2O4. The molecule has 0 heterocycles. The maximum Gasteiger partial charge on any atom is 0.334 e. The summed E-state index contributed by atoms with van der Waals surface area (Å²) in [5, 5.41) is 5.44. The zero-order chi connectivity index (χ0) is 20.7. The topological polar surface area (TPSA) is 84.5 Å². The summed E-state index contributed by atoms with van der Waals surface area (Å²) in [6.45, 7) is 7.22. The number of amides is 2. The van der Waals surface area contributed by atoms with Gasteiger partial charge in [0, 0.05) is 18.2 Å². The minimum Gasteiger partial charge on any atom is -0.425 e. The van der Waals surface area contributed by atoms with E-state index in [1.807, 2.05) is 32.9 Å². The zero-order valence-corrected chi connectivity index (χ0v) is 16.6. The second kappa shape index (κ2) is 9.69. The number of benzene rings is 2. The molecule has 0 saturated carbocycles. The Morgan fingerprint density at radius 1 is 1.00 bits per heavy atom. The third-order valence-electron chi connectivity index (χ3n) is 4.08. The standard InChI is InChI=1S/C22H26N2O4/c1-14(2)13-20(24-21(26)19-8-6-5-7-15(19)3)22(27)28-18-11-9-17(10-12-18)23-16(4)25/h5-12,14,20H,13H2,1-4H3,(H,23,25)(H,24,26). The lowest BCUT2D eigenvalue weighted by Crippen LogP contribution is -2.44. The summed E-state index contributed by atoms with van der Waals surface area (Å²) in [4.78, 5) is 36.3. The van der Waals surface area contributed by atoms with E-state index in [1.54, 1.807) is 36.4 Å². The highest BCUT2D eigenvalue weighted by molar-refractivity contribution is 5.98. The third kappa shape index (κ3) is 6.23. The van der Waals surface area contributed by atoms with Crippen molar-refractivity contribution in [2.45, 2.75) is 40.2 Å². The molecule has 0 fully saturated rings. The lowest BCUT2D eigenvalue weighted by Gasteiger charge is -2.20. The summed E-state index contributed by atoms with van der Waals surface area (Å²) < 4.78 is 5.44. The molecular weight excluding hydrogens is 356 g/mol. The average molecular weight is 382 g/mol. The van der Waals surface area contributed by atoms with Crippen molar-refractivity contribution in [3.8, 4) is 5.75 Å².